The van der Waals surface area contributed by atoms with Gasteiger partial charge in [-0.2, -0.15) is 5.10 Å². The van der Waals surface area contributed by atoms with E-state index in [0.29, 0.717) is 36.6 Å². The van der Waals surface area contributed by atoms with E-state index in [4.69, 9.17) is 10.5 Å². The van der Waals surface area contributed by atoms with Crippen LogP contribution in [-0.4, -0.2) is 38.1 Å². The number of nitrogens with one attached hydrogen (secondary N) is 1. The fourth-order valence-corrected chi connectivity index (χ4v) is 2.97. The summed E-state index contributed by atoms with van der Waals surface area (Å²) in [6.45, 7) is 5.23. The Morgan fingerprint density at radius 1 is 1.18 bits per heavy atom. The molecule has 1 heterocycles. The van der Waals surface area contributed by atoms with Crippen molar-refractivity contribution in [1.29, 1.82) is 0 Å². The lowest BCUT2D eigenvalue weighted by Crippen LogP contribution is -2.15. The van der Waals surface area contributed by atoms with Crippen LogP contribution in [0.5, 0.6) is 11.5 Å². The van der Waals surface area contributed by atoms with Crippen molar-refractivity contribution < 1.29 is 14.9 Å². The summed E-state index contributed by atoms with van der Waals surface area (Å²) in [6, 6.07) is 10.2. The van der Waals surface area contributed by atoms with Gasteiger partial charge in [0.05, 0.1) is 24.5 Å². The quantitative estimate of drug-likeness (QED) is 0.463. The Morgan fingerprint density at radius 2 is 1.89 bits per heavy atom. The van der Waals surface area contributed by atoms with E-state index >= 15 is 0 Å². The first-order chi connectivity index (χ1) is 13.4. The van der Waals surface area contributed by atoms with Gasteiger partial charge in [-0.1, -0.05) is 26.0 Å². The second-order valence-corrected chi connectivity index (χ2v) is 6.78. The van der Waals surface area contributed by atoms with Crippen molar-refractivity contribution in [1.82, 2.24) is 14.8 Å². The van der Waals surface area contributed by atoms with Crippen LogP contribution in [0.25, 0.3) is 17.1 Å². The molecule has 28 heavy (non-hydrogen) atoms. The highest BCUT2D eigenvalue weighted by molar-refractivity contribution is 5.69. The van der Waals surface area contributed by atoms with Crippen LogP contribution < -0.4 is 11.4 Å². The number of rotatable bonds is 7. The lowest BCUT2D eigenvalue weighted by atomic mass is 9.98. The Labute approximate surface area is 162 Å². The third-order valence-electron chi connectivity index (χ3n) is 4.41. The third-order valence-corrected chi connectivity index (χ3v) is 4.41. The number of nitrogens with two attached hydrogens (primary N) is 1. The molecular formula is C20H24N4O4. The average molecular weight is 384 g/mol. The van der Waals surface area contributed by atoms with Gasteiger partial charge in [0.25, 0.3) is 0 Å². The van der Waals surface area contributed by atoms with Gasteiger partial charge in [0.1, 0.15) is 11.5 Å². The Kier molecular flexibility index (Phi) is 5.81. The van der Waals surface area contributed by atoms with Crippen molar-refractivity contribution in [3.05, 3.63) is 58.0 Å². The van der Waals surface area contributed by atoms with E-state index in [0.717, 1.165) is 5.56 Å². The molecule has 5 N–H and O–H groups in total. The highest BCUT2D eigenvalue weighted by Crippen LogP contribution is 2.37. The fraction of sp³-hybridized carbons (Fsp3) is 0.300. The molecule has 0 radical (unpaired) electrons. The van der Waals surface area contributed by atoms with Crippen LogP contribution >= 0.6 is 0 Å². The molecule has 0 fully saturated rings. The molecule has 3 aromatic rings. The number of nitrogens with zero attached hydrogens (tertiary/aromatic N) is 2. The summed E-state index contributed by atoms with van der Waals surface area (Å²) in [5.74, 6) is 0.138. The zero-order valence-corrected chi connectivity index (χ0v) is 15.8. The number of aromatic hydroxyl groups is 2. The second-order valence-electron chi connectivity index (χ2n) is 6.78. The van der Waals surface area contributed by atoms with Crippen molar-refractivity contribution in [3.63, 3.8) is 0 Å². The predicted octanol–water partition coefficient (Wildman–Crippen LogP) is 2.24. The summed E-state index contributed by atoms with van der Waals surface area (Å²) in [5.41, 5.74) is 7.53. The molecule has 0 bridgehead atoms. The summed E-state index contributed by atoms with van der Waals surface area (Å²) < 4.78 is 6.79. The number of ether oxygens (including phenoxy) is 1. The first kappa shape index (κ1) is 19.7. The SMILES string of the molecule is CC(C)c1cc(-c2n[nH]c(=O)n2-c2ccc(COCCN)cc2)c(O)cc1O. The molecule has 1 aromatic heterocycles. The van der Waals surface area contributed by atoms with Gasteiger partial charge >= 0.3 is 5.69 Å². The maximum absolute atomic E-state index is 12.4. The standard InChI is InChI=1S/C20H24N4O4/c1-12(2)15-9-16(18(26)10-17(15)25)19-22-23-20(27)24(19)14-5-3-13(4-6-14)11-28-8-7-21/h3-6,9-10,12,25-26H,7-8,11,21H2,1-2H3,(H,23,27). The monoisotopic (exact) mass is 384 g/mol. The van der Waals surface area contributed by atoms with Gasteiger partial charge in [0.2, 0.25) is 0 Å². The zero-order valence-electron chi connectivity index (χ0n) is 15.8. The molecule has 0 saturated heterocycles. The molecule has 0 aliphatic carbocycles. The number of hydrogen-bond donors (Lipinski definition) is 4. The van der Waals surface area contributed by atoms with E-state index in [1.807, 2.05) is 26.0 Å². The van der Waals surface area contributed by atoms with Crippen molar-refractivity contribution in [3.8, 4) is 28.6 Å². The predicted molar refractivity (Wildman–Crippen MR) is 106 cm³/mol. The topological polar surface area (TPSA) is 126 Å². The zero-order chi connectivity index (χ0) is 20.3. The smallest absolute Gasteiger partial charge is 0.348 e. The van der Waals surface area contributed by atoms with Gasteiger partial charge in [-0.25, -0.2) is 14.5 Å². The molecule has 0 aliphatic rings. The molecular weight excluding hydrogens is 360 g/mol. The van der Waals surface area contributed by atoms with Crippen LogP contribution in [-0.2, 0) is 11.3 Å². The van der Waals surface area contributed by atoms with Gasteiger partial charge in [-0.15, -0.1) is 0 Å². The number of aromatic nitrogens is 3. The van der Waals surface area contributed by atoms with E-state index in [1.165, 1.54) is 10.6 Å². The number of aromatic amines is 1. The lowest BCUT2D eigenvalue weighted by Gasteiger charge is -2.13. The van der Waals surface area contributed by atoms with Gasteiger partial charge in [0.15, 0.2) is 5.82 Å². The Hall–Kier alpha value is -3.10. The van der Waals surface area contributed by atoms with Gasteiger partial charge < -0.3 is 20.7 Å². The summed E-state index contributed by atoms with van der Waals surface area (Å²) in [4.78, 5) is 12.4. The lowest BCUT2D eigenvalue weighted by molar-refractivity contribution is 0.128. The van der Waals surface area contributed by atoms with Crippen LogP contribution in [0.2, 0.25) is 0 Å². The molecule has 0 spiro atoms. The summed E-state index contributed by atoms with van der Waals surface area (Å²) in [5, 5.41) is 26.9. The summed E-state index contributed by atoms with van der Waals surface area (Å²) >= 11 is 0. The number of hydrogen-bond acceptors (Lipinski definition) is 6. The molecule has 148 valence electrons. The fourth-order valence-electron chi connectivity index (χ4n) is 2.97. The number of phenols is 2. The average Bonchev–Trinajstić information content (AvgIpc) is 3.03. The molecule has 0 saturated carbocycles. The first-order valence-corrected chi connectivity index (χ1v) is 9.03. The summed E-state index contributed by atoms with van der Waals surface area (Å²) in [6.07, 6.45) is 0. The van der Waals surface area contributed by atoms with E-state index in [9.17, 15) is 15.0 Å². The molecule has 0 amide bonds. The van der Waals surface area contributed by atoms with Crippen LogP contribution in [0.4, 0.5) is 0 Å². The highest BCUT2D eigenvalue weighted by atomic mass is 16.5. The number of phenolic OH excluding ortho intramolecular Hbond substituents is 2. The Morgan fingerprint density at radius 3 is 2.54 bits per heavy atom. The largest absolute Gasteiger partial charge is 0.508 e. The minimum Gasteiger partial charge on any atom is -0.508 e. The molecule has 3 rings (SSSR count). The van der Waals surface area contributed by atoms with E-state index in [1.54, 1.807) is 18.2 Å². The molecule has 2 aromatic carbocycles. The van der Waals surface area contributed by atoms with E-state index < -0.39 is 5.69 Å². The minimum atomic E-state index is -0.430. The maximum atomic E-state index is 12.4. The van der Waals surface area contributed by atoms with Crippen LogP contribution in [0.15, 0.2) is 41.2 Å². The van der Waals surface area contributed by atoms with E-state index in [2.05, 4.69) is 10.2 Å². The van der Waals surface area contributed by atoms with Gasteiger partial charge in [-0.05, 0) is 35.2 Å². The third kappa shape index (κ3) is 3.92. The van der Waals surface area contributed by atoms with E-state index in [-0.39, 0.29) is 23.2 Å². The minimum absolute atomic E-state index is 0.00233. The van der Waals surface area contributed by atoms with Gasteiger partial charge in [0, 0.05) is 12.6 Å². The molecule has 0 atom stereocenters. The van der Waals surface area contributed by atoms with Gasteiger partial charge in [-0.3, -0.25) is 0 Å². The van der Waals surface area contributed by atoms with Crippen molar-refractivity contribution in [2.45, 2.75) is 26.4 Å². The number of benzene rings is 2. The Bertz CT molecular complexity index is 1010. The highest BCUT2D eigenvalue weighted by Gasteiger charge is 2.19. The van der Waals surface area contributed by atoms with Crippen LogP contribution in [0, 0.1) is 0 Å². The van der Waals surface area contributed by atoms with Crippen molar-refractivity contribution in [2.75, 3.05) is 13.2 Å². The first-order valence-electron chi connectivity index (χ1n) is 9.03. The molecule has 8 heteroatoms. The number of H-pyrrole nitrogens is 1. The van der Waals surface area contributed by atoms with Crippen molar-refractivity contribution >= 4 is 0 Å². The van der Waals surface area contributed by atoms with Crippen molar-refractivity contribution in [2.24, 2.45) is 5.73 Å². The normalized spacial score (nSPS) is 11.3. The Balaban J connectivity index is 2.02. The molecule has 0 aliphatic heterocycles. The molecule has 0 unspecified atom stereocenters. The van der Waals surface area contributed by atoms with Crippen LogP contribution in [0.3, 0.4) is 0 Å². The second kappa shape index (κ2) is 8.28. The van der Waals surface area contributed by atoms with Crippen LogP contribution in [0.1, 0.15) is 30.9 Å². The molecule has 8 nitrogen and oxygen atoms in total. The summed E-state index contributed by atoms with van der Waals surface area (Å²) in [7, 11) is 0. The maximum Gasteiger partial charge on any atom is 0.348 e.